The van der Waals surface area contributed by atoms with Gasteiger partial charge in [-0.2, -0.15) is 0 Å². The maximum Gasteiger partial charge on any atom is 0.508 e. The van der Waals surface area contributed by atoms with Crippen molar-refractivity contribution < 1.29 is 39.0 Å². The number of aliphatic hydroxyl groups is 1. The number of carbonyl (C=O) groups excluding carboxylic acids is 1. The average Bonchev–Trinajstić information content (AvgIpc) is 2.74. The number of hydrogen-bond donors (Lipinski definition) is 2. The van der Waals surface area contributed by atoms with Crippen LogP contribution >= 0.6 is 0 Å². The van der Waals surface area contributed by atoms with Gasteiger partial charge in [0.1, 0.15) is 12.7 Å². The largest absolute Gasteiger partial charge is 0.508 e. The SMILES string of the molecule is O=C1OCC(COCCOCC(CO)OO)O1. The lowest BCUT2D eigenvalue weighted by Crippen LogP contribution is -2.24. The van der Waals surface area contributed by atoms with E-state index in [0.717, 1.165) is 0 Å². The third kappa shape index (κ3) is 5.80. The molecule has 8 heteroatoms. The number of hydrogen-bond acceptors (Lipinski definition) is 8. The lowest BCUT2D eigenvalue weighted by Gasteiger charge is -2.11. The third-order valence-corrected chi connectivity index (χ3v) is 1.98. The number of aliphatic hydroxyl groups excluding tert-OH is 1. The summed E-state index contributed by atoms with van der Waals surface area (Å²) in [4.78, 5) is 14.5. The van der Waals surface area contributed by atoms with Crippen molar-refractivity contribution in [2.45, 2.75) is 12.2 Å². The summed E-state index contributed by atoms with van der Waals surface area (Å²) in [6.45, 7) is 0.767. The van der Waals surface area contributed by atoms with Crippen LogP contribution in [0.1, 0.15) is 0 Å². The first-order chi connectivity index (χ1) is 8.26. The van der Waals surface area contributed by atoms with E-state index in [2.05, 4.69) is 9.62 Å². The Morgan fingerprint density at radius 3 is 2.76 bits per heavy atom. The van der Waals surface area contributed by atoms with Crippen LogP contribution in [0.2, 0.25) is 0 Å². The highest BCUT2D eigenvalue weighted by atomic mass is 17.1. The molecule has 0 aliphatic carbocycles. The normalized spacial score (nSPS) is 21.1. The highest BCUT2D eigenvalue weighted by Crippen LogP contribution is 2.05. The zero-order valence-corrected chi connectivity index (χ0v) is 9.24. The van der Waals surface area contributed by atoms with Gasteiger partial charge in [0, 0.05) is 0 Å². The fourth-order valence-corrected chi connectivity index (χ4v) is 1.11. The molecule has 1 heterocycles. The highest BCUT2D eigenvalue weighted by Gasteiger charge is 2.24. The summed E-state index contributed by atoms with van der Waals surface area (Å²) in [5.41, 5.74) is 0. The van der Waals surface area contributed by atoms with Crippen molar-refractivity contribution in [2.75, 3.05) is 39.6 Å². The Bertz CT molecular complexity index is 217. The fourth-order valence-electron chi connectivity index (χ4n) is 1.11. The molecule has 0 saturated carbocycles. The Morgan fingerprint density at radius 2 is 2.18 bits per heavy atom. The van der Waals surface area contributed by atoms with Crippen LogP contribution in [0.4, 0.5) is 4.79 Å². The molecule has 2 N–H and O–H groups in total. The van der Waals surface area contributed by atoms with Gasteiger partial charge < -0.3 is 24.1 Å². The number of ether oxygens (including phenoxy) is 4. The number of cyclic esters (lactones) is 2. The molecule has 1 rings (SSSR count). The van der Waals surface area contributed by atoms with Crippen molar-refractivity contribution in [3.63, 3.8) is 0 Å². The lowest BCUT2D eigenvalue weighted by molar-refractivity contribution is -0.293. The van der Waals surface area contributed by atoms with Crippen molar-refractivity contribution in [1.82, 2.24) is 0 Å². The van der Waals surface area contributed by atoms with Crippen LogP contribution in [0.3, 0.4) is 0 Å². The molecular weight excluding hydrogens is 236 g/mol. The van der Waals surface area contributed by atoms with Crippen LogP contribution in [0.5, 0.6) is 0 Å². The lowest BCUT2D eigenvalue weighted by atomic mass is 10.4. The Balaban J connectivity index is 1.89. The smallest absolute Gasteiger partial charge is 0.430 e. The Morgan fingerprint density at radius 1 is 1.41 bits per heavy atom. The number of rotatable bonds is 9. The van der Waals surface area contributed by atoms with Gasteiger partial charge in [-0.25, -0.2) is 9.68 Å². The number of carbonyl (C=O) groups is 1. The predicted molar refractivity (Wildman–Crippen MR) is 52.4 cm³/mol. The Labute approximate surface area is 97.9 Å². The molecule has 1 aliphatic rings. The van der Waals surface area contributed by atoms with E-state index in [1.165, 1.54) is 0 Å². The van der Waals surface area contributed by atoms with Crippen LogP contribution < -0.4 is 0 Å². The fraction of sp³-hybridized carbons (Fsp3) is 0.889. The molecule has 0 aromatic heterocycles. The quantitative estimate of drug-likeness (QED) is 0.243. The van der Waals surface area contributed by atoms with Gasteiger partial charge in [-0.3, -0.25) is 5.26 Å². The molecule has 2 atom stereocenters. The van der Waals surface area contributed by atoms with Gasteiger partial charge in [-0.05, 0) is 0 Å². The molecule has 0 radical (unpaired) electrons. The van der Waals surface area contributed by atoms with Crippen molar-refractivity contribution >= 4 is 6.16 Å². The van der Waals surface area contributed by atoms with E-state index in [1.54, 1.807) is 0 Å². The second-order valence-corrected chi connectivity index (χ2v) is 3.36. The molecule has 1 aliphatic heterocycles. The zero-order chi connectivity index (χ0) is 12.5. The third-order valence-electron chi connectivity index (χ3n) is 1.98. The first-order valence-electron chi connectivity index (χ1n) is 5.16. The predicted octanol–water partition coefficient (Wildman–Crippen LogP) is -0.594. The van der Waals surface area contributed by atoms with Gasteiger partial charge in [0.05, 0.1) is 33.0 Å². The van der Waals surface area contributed by atoms with Gasteiger partial charge in [-0.15, -0.1) is 0 Å². The van der Waals surface area contributed by atoms with Crippen molar-refractivity contribution in [3.05, 3.63) is 0 Å². The molecule has 0 spiro atoms. The van der Waals surface area contributed by atoms with Crippen LogP contribution in [0.15, 0.2) is 0 Å². The molecule has 1 fully saturated rings. The summed E-state index contributed by atoms with van der Waals surface area (Å²) in [6, 6.07) is 0. The van der Waals surface area contributed by atoms with E-state index in [0.29, 0.717) is 6.61 Å². The summed E-state index contributed by atoms with van der Waals surface area (Å²) in [6.07, 6.45) is -1.80. The van der Waals surface area contributed by atoms with Crippen LogP contribution in [0.25, 0.3) is 0 Å². The summed E-state index contributed by atoms with van der Waals surface area (Å²) >= 11 is 0. The summed E-state index contributed by atoms with van der Waals surface area (Å²) in [5.74, 6) is 0. The van der Waals surface area contributed by atoms with Gasteiger partial charge in [0.2, 0.25) is 0 Å². The van der Waals surface area contributed by atoms with Gasteiger partial charge in [0.15, 0.2) is 6.10 Å². The minimum Gasteiger partial charge on any atom is -0.430 e. The van der Waals surface area contributed by atoms with E-state index in [4.69, 9.17) is 24.6 Å². The minimum atomic E-state index is -0.751. The molecule has 17 heavy (non-hydrogen) atoms. The molecule has 8 nitrogen and oxygen atoms in total. The monoisotopic (exact) mass is 252 g/mol. The second kappa shape index (κ2) is 8.20. The van der Waals surface area contributed by atoms with Crippen LogP contribution in [0, 0.1) is 0 Å². The van der Waals surface area contributed by atoms with E-state index < -0.39 is 12.3 Å². The molecule has 100 valence electrons. The van der Waals surface area contributed by atoms with E-state index >= 15 is 0 Å². The molecule has 0 bridgehead atoms. The summed E-state index contributed by atoms with van der Waals surface area (Å²) in [7, 11) is 0. The van der Waals surface area contributed by atoms with Gasteiger partial charge in [0.25, 0.3) is 0 Å². The first-order valence-corrected chi connectivity index (χ1v) is 5.16. The van der Waals surface area contributed by atoms with E-state index in [-0.39, 0.29) is 39.1 Å². The van der Waals surface area contributed by atoms with Crippen LogP contribution in [-0.2, 0) is 23.8 Å². The Kier molecular flexibility index (Phi) is 6.82. The molecular formula is C9H16O8. The van der Waals surface area contributed by atoms with Crippen molar-refractivity contribution in [1.29, 1.82) is 0 Å². The second-order valence-electron chi connectivity index (χ2n) is 3.36. The first kappa shape index (κ1) is 14.1. The maximum atomic E-state index is 10.5. The molecule has 1 saturated heterocycles. The Hall–Kier alpha value is -0.930. The standard InChI is InChI=1S/C9H16O8/c10-3-7(17-12)4-13-1-2-14-5-8-6-15-9(11)16-8/h7-8,10,12H,1-6H2. The van der Waals surface area contributed by atoms with E-state index in [9.17, 15) is 4.79 Å². The van der Waals surface area contributed by atoms with Crippen LogP contribution in [-0.4, -0.2) is 68.4 Å². The van der Waals surface area contributed by atoms with Gasteiger partial charge in [-0.1, -0.05) is 0 Å². The molecule has 0 aromatic carbocycles. The molecule has 0 amide bonds. The average molecular weight is 252 g/mol. The molecule has 0 aromatic rings. The van der Waals surface area contributed by atoms with E-state index in [1.807, 2.05) is 0 Å². The summed E-state index contributed by atoms with van der Waals surface area (Å²) < 4.78 is 19.5. The van der Waals surface area contributed by atoms with Crippen molar-refractivity contribution in [3.8, 4) is 0 Å². The van der Waals surface area contributed by atoms with Crippen molar-refractivity contribution in [2.24, 2.45) is 0 Å². The van der Waals surface area contributed by atoms with Gasteiger partial charge >= 0.3 is 6.16 Å². The summed E-state index contributed by atoms with van der Waals surface area (Å²) in [5, 5.41) is 16.9. The molecule has 2 unspecified atom stereocenters. The zero-order valence-electron chi connectivity index (χ0n) is 9.24. The highest BCUT2D eigenvalue weighted by molar-refractivity contribution is 5.61. The topological polar surface area (TPSA) is 104 Å². The minimum absolute atomic E-state index is 0.0673. The maximum absolute atomic E-state index is 10.5.